The summed E-state index contributed by atoms with van der Waals surface area (Å²) in [7, 11) is -7.25. The van der Waals surface area contributed by atoms with E-state index in [-0.39, 0.29) is 11.5 Å². The number of anilines is 2. The molecule has 1 fully saturated rings. The fourth-order valence-corrected chi connectivity index (χ4v) is 10.3. The van der Waals surface area contributed by atoms with Crippen molar-refractivity contribution < 1.29 is 39.9 Å². The zero-order valence-corrected chi connectivity index (χ0v) is 36.6. The average molecular weight is 916 g/mol. The molecule has 0 aromatic heterocycles. The number of rotatable bonds is 16. The van der Waals surface area contributed by atoms with Crippen molar-refractivity contribution in [2.75, 3.05) is 49.7 Å². The number of nitrogens with zero attached hydrogens (tertiary/aromatic N) is 2. The molecule has 5 aromatic carbocycles. The first-order chi connectivity index (χ1) is 28.9. The number of amides is 1. The van der Waals surface area contributed by atoms with Gasteiger partial charge >= 0.3 is 5.51 Å². The number of halogens is 4. The van der Waals surface area contributed by atoms with Gasteiger partial charge in [-0.3, -0.25) is 4.79 Å². The normalized spacial score (nSPS) is 15.0. The fraction of sp³-hybridized carbons (Fsp3) is 0.295. The summed E-state index contributed by atoms with van der Waals surface area (Å²) in [6, 6.07) is 32.5. The lowest BCUT2D eigenvalue weighted by atomic mass is 9.84. The summed E-state index contributed by atoms with van der Waals surface area (Å²) in [6.07, 6.45) is 1.09. The van der Waals surface area contributed by atoms with Gasteiger partial charge in [0.1, 0.15) is 4.90 Å². The molecule has 0 bridgehead atoms. The van der Waals surface area contributed by atoms with Crippen molar-refractivity contribution in [2.45, 2.75) is 51.6 Å². The topological polar surface area (TPSA) is 136 Å². The number of sulfone groups is 1. The smallest absolute Gasteiger partial charge is 0.388 e. The van der Waals surface area contributed by atoms with Crippen LogP contribution in [-0.4, -0.2) is 83.8 Å². The van der Waals surface area contributed by atoms with Crippen molar-refractivity contribution in [1.29, 1.82) is 0 Å². The second kappa shape index (κ2) is 19.6. The van der Waals surface area contributed by atoms with Gasteiger partial charge < -0.3 is 20.2 Å². The van der Waals surface area contributed by atoms with E-state index in [1.165, 1.54) is 23.9 Å². The molecule has 0 saturated carbocycles. The van der Waals surface area contributed by atoms with Gasteiger partial charge in [0.05, 0.1) is 16.7 Å². The highest BCUT2D eigenvalue weighted by Gasteiger charge is 2.48. The van der Waals surface area contributed by atoms with E-state index in [0.717, 1.165) is 39.4 Å². The average Bonchev–Trinajstić information content (AvgIpc) is 3.24. The van der Waals surface area contributed by atoms with E-state index < -0.39 is 58.9 Å². The summed E-state index contributed by atoms with van der Waals surface area (Å²) >= 11 is 7.52. The van der Waals surface area contributed by atoms with Crippen LogP contribution in [0.25, 0.3) is 11.1 Å². The SMILES string of the molecule is CN(C)CCC(CSc1ccccc1)Nc1ccc(S(=O)(=O)NC(=O)c2ccc(N3CCC([C@@H](O)c4ccccc4-c4ccc(Cl)cc4)CC3)cc2)cc1S(=O)(=O)C(F)(F)F. The number of sulfonamides is 1. The molecule has 2 atom stereocenters. The number of nitrogens with one attached hydrogen (secondary N) is 2. The van der Waals surface area contributed by atoms with Crippen LogP contribution in [-0.2, 0) is 19.9 Å². The Morgan fingerprint density at radius 1 is 0.885 bits per heavy atom. The summed E-state index contributed by atoms with van der Waals surface area (Å²) in [5.74, 6) is -0.711. The third-order valence-electron chi connectivity index (χ3n) is 10.5. The van der Waals surface area contributed by atoms with Crippen LogP contribution in [0.1, 0.15) is 41.3 Å². The van der Waals surface area contributed by atoms with Gasteiger partial charge in [-0.1, -0.05) is 66.2 Å². The summed E-state index contributed by atoms with van der Waals surface area (Å²) in [5.41, 5.74) is -2.73. The van der Waals surface area contributed by atoms with Gasteiger partial charge in [0.2, 0.25) is 0 Å². The predicted octanol–water partition coefficient (Wildman–Crippen LogP) is 8.89. The maximum absolute atomic E-state index is 14.0. The number of alkyl halides is 3. The number of thioether (sulfide) groups is 1. The highest BCUT2D eigenvalue weighted by Crippen LogP contribution is 2.39. The van der Waals surface area contributed by atoms with Crippen molar-refractivity contribution in [1.82, 2.24) is 9.62 Å². The molecule has 0 spiro atoms. The Kier molecular flexibility index (Phi) is 14.8. The summed E-state index contributed by atoms with van der Waals surface area (Å²) in [5, 5.41) is 15.0. The van der Waals surface area contributed by atoms with Gasteiger partial charge in [-0.05, 0) is 129 Å². The van der Waals surface area contributed by atoms with E-state index >= 15 is 0 Å². The van der Waals surface area contributed by atoms with E-state index in [1.54, 1.807) is 12.1 Å². The molecule has 1 amide bonds. The van der Waals surface area contributed by atoms with Crippen molar-refractivity contribution in [3.05, 3.63) is 137 Å². The molecule has 0 aliphatic carbocycles. The molecule has 1 unspecified atom stereocenters. The van der Waals surface area contributed by atoms with Gasteiger partial charge in [-0.25, -0.2) is 21.6 Å². The van der Waals surface area contributed by atoms with Crippen molar-refractivity contribution in [2.24, 2.45) is 5.92 Å². The molecular weight excluding hydrogens is 869 g/mol. The molecule has 61 heavy (non-hydrogen) atoms. The predicted molar refractivity (Wildman–Crippen MR) is 235 cm³/mol. The first-order valence-electron chi connectivity index (χ1n) is 19.4. The zero-order valence-electron chi connectivity index (χ0n) is 33.3. The second-order valence-electron chi connectivity index (χ2n) is 15.0. The van der Waals surface area contributed by atoms with Crippen LogP contribution in [0.5, 0.6) is 0 Å². The molecule has 10 nitrogen and oxygen atoms in total. The van der Waals surface area contributed by atoms with Crippen molar-refractivity contribution >= 4 is 60.5 Å². The molecule has 5 aromatic rings. The molecule has 1 saturated heterocycles. The summed E-state index contributed by atoms with van der Waals surface area (Å²) in [4.78, 5) is 16.0. The van der Waals surface area contributed by atoms with Crippen LogP contribution >= 0.6 is 23.4 Å². The number of hydrogen-bond donors (Lipinski definition) is 3. The Morgan fingerprint density at radius 2 is 1.52 bits per heavy atom. The standard InChI is InChI=1S/C44H46ClF3N4O6S3/c1-51(2)25-24-34(29-59-36-8-4-3-5-9-36)49-40-21-20-37(28-41(40)60(55,56)44(46,47)48)61(57,58)50-43(54)32-14-18-35(19-15-32)52-26-22-31(23-27-52)42(53)39-11-7-6-10-38(39)30-12-16-33(45)17-13-30/h3-21,28,31,34,42,49,53H,22-27,29H2,1-2H3,(H,50,54)/t34?,42-/m1/s1. The van der Waals surface area contributed by atoms with E-state index in [0.29, 0.717) is 55.7 Å². The van der Waals surface area contributed by atoms with Crippen LogP contribution in [0.3, 0.4) is 0 Å². The number of aliphatic hydroxyl groups is 1. The molecular formula is C44H46ClF3N4O6S3. The van der Waals surface area contributed by atoms with Gasteiger partial charge in [-0.2, -0.15) is 13.2 Å². The Bertz CT molecular complexity index is 2500. The van der Waals surface area contributed by atoms with Crippen LogP contribution in [0.15, 0.2) is 136 Å². The third-order valence-corrected chi connectivity index (χ3v) is 14.8. The lowest BCUT2D eigenvalue weighted by molar-refractivity contribution is -0.0435. The maximum atomic E-state index is 14.0. The Hall–Kier alpha value is -4.58. The molecule has 1 aliphatic rings. The lowest BCUT2D eigenvalue weighted by Crippen LogP contribution is -2.36. The summed E-state index contributed by atoms with van der Waals surface area (Å²) < 4.78 is 96.7. The maximum Gasteiger partial charge on any atom is 0.501 e. The number of piperidine rings is 1. The van der Waals surface area contributed by atoms with Crippen LogP contribution in [0.2, 0.25) is 5.02 Å². The second-order valence-corrected chi connectivity index (χ2v) is 20.1. The number of benzene rings is 5. The minimum absolute atomic E-state index is 0.0143. The van der Waals surface area contributed by atoms with Crippen LogP contribution < -0.4 is 14.9 Å². The summed E-state index contributed by atoms with van der Waals surface area (Å²) in [6.45, 7) is 1.75. The van der Waals surface area contributed by atoms with Gasteiger partial charge in [0, 0.05) is 46.1 Å². The van der Waals surface area contributed by atoms with Crippen molar-refractivity contribution in [3.8, 4) is 11.1 Å². The Balaban J connectivity index is 1.13. The van der Waals surface area contributed by atoms with Gasteiger partial charge in [0.25, 0.3) is 25.8 Å². The Labute approximate surface area is 364 Å². The van der Waals surface area contributed by atoms with E-state index in [1.807, 2.05) is 103 Å². The first-order valence-corrected chi connectivity index (χ1v) is 23.8. The first kappa shape index (κ1) is 45.9. The number of carbonyl (C=O) groups excluding carboxylic acids is 1. The molecule has 324 valence electrons. The molecule has 17 heteroatoms. The molecule has 1 heterocycles. The highest BCUT2D eigenvalue weighted by atomic mass is 35.5. The van der Waals surface area contributed by atoms with E-state index in [4.69, 9.17) is 11.6 Å². The monoisotopic (exact) mass is 914 g/mol. The fourth-order valence-electron chi connectivity index (χ4n) is 7.12. The van der Waals surface area contributed by atoms with Crippen LogP contribution in [0, 0.1) is 5.92 Å². The Morgan fingerprint density at radius 3 is 2.16 bits per heavy atom. The van der Waals surface area contributed by atoms with Gasteiger partial charge in [0.15, 0.2) is 0 Å². The van der Waals surface area contributed by atoms with E-state index in [2.05, 4.69) is 10.2 Å². The largest absolute Gasteiger partial charge is 0.501 e. The molecule has 6 rings (SSSR count). The lowest BCUT2D eigenvalue weighted by Gasteiger charge is -2.36. The minimum atomic E-state index is -6.05. The zero-order chi connectivity index (χ0) is 44.0. The highest BCUT2D eigenvalue weighted by molar-refractivity contribution is 7.99. The quantitative estimate of drug-likeness (QED) is 0.0824. The third kappa shape index (κ3) is 11.5. The van der Waals surface area contributed by atoms with Crippen molar-refractivity contribution in [3.63, 3.8) is 0 Å². The number of carbonyl (C=O) groups is 1. The minimum Gasteiger partial charge on any atom is -0.388 e. The molecule has 3 N–H and O–H groups in total. The number of aliphatic hydroxyl groups excluding tert-OH is 1. The van der Waals surface area contributed by atoms with Crippen LogP contribution in [0.4, 0.5) is 24.5 Å². The van der Waals surface area contributed by atoms with Gasteiger partial charge in [-0.15, -0.1) is 11.8 Å². The molecule has 0 radical (unpaired) electrons. The van der Waals surface area contributed by atoms with E-state index in [9.17, 15) is 39.9 Å². The number of hydrogen-bond acceptors (Lipinski definition) is 10. The molecule has 1 aliphatic heterocycles.